The van der Waals surface area contributed by atoms with Crippen molar-refractivity contribution in [1.82, 2.24) is 10.3 Å². The minimum absolute atomic E-state index is 0.484. The zero-order valence-corrected chi connectivity index (χ0v) is 14.4. The number of nitrogens with one attached hydrogen (secondary N) is 1. The van der Waals surface area contributed by atoms with Crippen LogP contribution in [0, 0.1) is 0 Å². The maximum atomic E-state index is 4.53. The Morgan fingerprint density at radius 2 is 1.96 bits per heavy atom. The van der Waals surface area contributed by atoms with E-state index in [0.717, 1.165) is 31.7 Å². The largest absolute Gasteiger partial charge is 0.367 e. The molecular weight excluding hydrogens is 314 g/mol. The molecule has 1 aliphatic heterocycles. The van der Waals surface area contributed by atoms with Gasteiger partial charge < -0.3 is 10.2 Å². The first-order chi connectivity index (χ1) is 11.9. The van der Waals surface area contributed by atoms with E-state index in [0.29, 0.717) is 6.04 Å². The molecule has 0 radical (unpaired) electrons. The zero-order chi connectivity index (χ0) is 16.2. The van der Waals surface area contributed by atoms with Crippen LogP contribution in [0.1, 0.15) is 5.56 Å². The number of anilines is 1. The Morgan fingerprint density at radius 1 is 1.08 bits per heavy atom. The van der Waals surface area contributed by atoms with Crippen molar-refractivity contribution in [3.05, 3.63) is 71.7 Å². The lowest BCUT2D eigenvalue weighted by molar-refractivity contribution is 0.455. The Hall–Kier alpha value is -2.17. The van der Waals surface area contributed by atoms with Gasteiger partial charge in [0.25, 0.3) is 0 Å². The molecule has 3 aromatic rings. The van der Waals surface area contributed by atoms with Crippen LogP contribution < -0.4 is 10.2 Å². The third-order valence-electron chi connectivity index (χ3n) is 4.46. The Labute approximate surface area is 147 Å². The number of piperazine rings is 1. The van der Waals surface area contributed by atoms with Gasteiger partial charge in [-0.1, -0.05) is 36.4 Å². The molecular formula is C20H21N3S. The normalized spacial score (nSPS) is 17.8. The van der Waals surface area contributed by atoms with E-state index in [-0.39, 0.29) is 0 Å². The van der Waals surface area contributed by atoms with Crippen LogP contribution in [0.4, 0.5) is 5.69 Å². The quantitative estimate of drug-likeness (QED) is 0.785. The van der Waals surface area contributed by atoms with Crippen LogP contribution in [0.3, 0.4) is 0 Å². The minimum atomic E-state index is 0.484. The molecule has 3 heterocycles. The van der Waals surface area contributed by atoms with Crippen molar-refractivity contribution in [3.63, 3.8) is 0 Å². The van der Waals surface area contributed by atoms with Crippen LogP contribution in [0.15, 0.2) is 66.2 Å². The summed E-state index contributed by atoms with van der Waals surface area (Å²) in [6.07, 6.45) is 2.94. The number of aromatic nitrogens is 1. The van der Waals surface area contributed by atoms with Gasteiger partial charge in [-0.2, -0.15) is 0 Å². The third kappa shape index (κ3) is 3.35. The Morgan fingerprint density at radius 3 is 2.79 bits per heavy atom. The number of benzene rings is 1. The highest BCUT2D eigenvalue weighted by Gasteiger charge is 2.22. The first-order valence-electron chi connectivity index (χ1n) is 8.41. The van der Waals surface area contributed by atoms with Crippen LogP contribution >= 0.6 is 11.3 Å². The van der Waals surface area contributed by atoms with Crippen LogP contribution in [0.25, 0.3) is 10.6 Å². The molecule has 24 heavy (non-hydrogen) atoms. The molecule has 122 valence electrons. The van der Waals surface area contributed by atoms with E-state index >= 15 is 0 Å². The standard InChI is InChI=1S/C20H21N3S/c1-2-6-16(7-3-1)14-17-15-23(12-11-21-17)19-9-13-24-20(19)18-8-4-5-10-22-18/h1-10,13,17,21H,11-12,14-15H2. The molecule has 4 heteroatoms. The van der Waals surface area contributed by atoms with Crippen molar-refractivity contribution in [2.45, 2.75) is 12.5 Å². The van der Waals surface area contributed by atoms with E-state index in [1.807, 2.05) is 12.3 Å². The van der Waals surface area contributed by atoms with Gasteiger partial charge in [-0.05, 0) is 35.6 Å². The predicted octanol–water partition coefficient (Wildman–Crippen LogP) is 3.83. The number of nitrogens with zero attached hydrogens (tertiary/aromatic N) is 2. The van der Waals surface area contributed by atoms with Crippen molar-refractivity contribution in [1.29, 1.82) is 0 Å². The molecule has 1 saturated heterocycles. The lowest BCUT2D eigenvalue weighted by Crippen LogP contribution is -2.51. The average molecular weight is 335 g/mol. The molecule has 1 N–H and O–H groups in total. The fraction of sp³-hybridized carbons (Fsp3) is 0.250. The van der Waals surface area contributed by atoms with Crippen LogP contribution in [-0.4, -0.2) is 30.7 Å². The van der Waals surface area contributed by atoms with Crippen molar-refractivity contribution < 1.29 is 0 Å². The first kappa shape index (κ1) is 15.4. The smallest absolute Gasteiger partial charge is 0.0822 e. The molecule has 2 aromatic heterocycles. The monoisotopic (exact) mass is 335 g/mol. The first-order valence-corrected chi connectivity index (χ1v) is 9.29. The number of hydrogen-bond donors (Lipinski definition) is 1. The number of hydrogen-bond acceptors (Lipinski definition) is 4. The minimum Gasteiger partial charge on any atom is -0.367 e. The molecule has 1 fully saturated rings. The van der Waals surface area contributed by atoms with E-state index in [2.05, 4.69) is 69.1 Å². The SMILES string of the molecule is c1ccc(CC2CN(c3ccsc3-c3ccccn3)CCN2)cc1. The summed E-state index contributed by atoms with van der Waals surface area (Å²) in [5.41, 5.74) is 3.78. The summed E-state index contributed by atoms with van der Waals surface area (Å²) in [5.74, 6) is 0. The maximum Gasteiger partial charge on any atom is 0.0822 e. The Bertz CT molecular complexity index is 770. The van der Waals surface area contributed by atoms with Crippen molar-refractivity contribution in [2.24, 2.45) is 0 Å². The lowest BCUT2D eigenvalue weighted by Gasteiger charge is -2.35. The van der Waals surface area contributed by atoms with E-state index in [1.165, 1.54) is 16.1 Å². The van der Waals surface area contributed by atoms with Crippen molar-refractivity contribution >= 4 is 17.0 Å². The molecule has 0 amide bonds. The molecule has 1 atom stereocenters. The van der Waals surface area contributed by atoms with Crippen molar-refractivity contribution in [2.75, 3.05) is 24.5 Å². The van der Waals surface area contributed by atoms with Crippen molar-refractivity contribution in [3.8, 4) is 10.6 Å². The van der Waals surface area contributed by atoms with Crippen LogP contribution in [-0.2, 0) is 6.42 Å². The maximum absolute atomic E-state index is 4.53. The number of pyridine rings is 1. The molecule has 0 aliphatic carbocycles. The van der Waals surface area contributed by atoms with Crippen LogP contribution in [0.5, 0.6) is 0 Å². The zero-order valence-electron chi connectivity index (χ0n) is 13.6. The summed E-state index contributed by atoms with van der Waals surface area (Å²) in [5, 5.41) is 5.84. The number of thiophene rings is 1. The second-order valence-corrected chi connectivity index (χ2v) is 7.05. The van der Waals surface area contributed by atoms with Gasteiger partial charge in [-0.3, -0.25) is 4.98 Å². The predicted molar refractivity (Wildman–Crippen MR) is 102 cm³/mol. The van der Waals surface area contributed by atoms with E-state index in [9.17, 15) is 0 Å². The molecule has 1 aromatic carbocycles. The lowest BCUT2D eigenvalue weighted by atomic mass is 10.0. The van der Waals surface area contributed by atoms with Gasteiger partial charge in [0.05, 0.1) is 16.3 Å². The fourth-order valence-electron chi connectivity index (χ4n) is 3.32. The highest BCUT2D eigenvalue weighted by Crippen LogP contribution is 2.35. The molecule has 3 nitrogen and oxygen atoms in total. The summed E-state index contributed by atoms with van der Waals surface area (Å²) in [6, 6.07) is 19.6. The van der Waals surface area contributed by atoms with Gasteiger partial charge in [-0.25, -0.2) is 0 Å². The Kier molecular flexibility index (Phi) is 4.58. The average Bonchev–Trinajstić information content (AvgIpc) is 3.13. The highest BCUT2D eigenvalue weighted by molar-refractivity contribution is 7.14. The summed E-state index contributed by atoms with van der Waals surface area (Å²) in [4.78, 5) is 8.31. The molecule has 0 spiro atoms. The highest BCUT2D eigenvalue weighted by atomic mass is 32.1. The van der Waals surface area contributed by atoms with Gasteiger partial charge in [0.15, 0.2) is 0 Å². The van der Waals surface area contributed by atoms with Crippen LogP contribution in [0.2, 0.25) is 0 Å². The molecule has 4 rings (SSSR count). The van der Waals surface area contributed by atoms with E-state index in [1.54, 1.807) is 11.3 Å². The van der Waals surface area contributed by atoms with E-state index < -0.39 is 0 Å². The van der Waals surface area contributed by atoms with Gasteiger partial charge in [0.1, 0.15) is 0 Å². The molecule has 0 saturated carbocycles. The van der Waals surface area contributed by atoms with E-state index in [4.69, 9.17) is 0 Å². The topological polar surface area (TPSA) is 28.2 Å². The summed E-state index contributed by atoms with van der Waals surface area (Å²) >= 11 is 1.78. The molecule has 0 bridgehead atoms. The summed E-state index contributed by atoms with van der Waals surface area (Å²) in [6.45, 7) is 3.10. The van der Waals surface area contributed by atoms with Gasteiger partial charge in [0.2, 0.25) is 0 Å². The third-order valence-corrected chi connectivity index (χ3v) is 5.39. The Balaban J connectivity index is 1.52. The van der Waals surface area contributed by atoms with Gasteiger partial charge in [0, 0.05) is 31.9 Å². The molecule has 1 aliphatic rings. The van der Waals surface area contributed by atoms with Gasteiger partial charge >= 0.3 is 0 Å². The summed E-state index contributed by atoms with van der Waals surface area (Å²) < 4.78 is 0. The van der Waals surface area contributed by atoms with Gasteiger partial charge in [-0.15, -0.1) is 11.3 Å². The second-order valence-electron chi connectivity index (χ2n) is 6.14. The number of rotatable bonds is 4. The fourth-order valence-corrected chi connectivity index (χ4v) is 4.21. The molecule has 1 unspecified atom stereocenters. The second kappa shape index (κ2) is 7.16. The summed E-state index contributed by atoms with van der Waals surface area (Å²) in [7, 11) is 0.